The number of hydrogen-bond acceptors (Lipinski definition) is 4. The molecule has 6 nitrogen and oxygen atoms in total. The molecule has 2 atom stereocenters. The summed E-state index contributed by atoms with van der Waals surface area (Å²) in [6.07, 6.45) is -0.939. The van der Waals surface area contributed by atoms with Gasteiger partial charge in [0.1, 0.15) is 0 Å². The Bertz CT molecular complexity index is 667. The van der Waals surface area contributed by atoms with Gasteiger partial charge in [0.05, 0.1) is 13.2 Å². The molecule has 0 bridgehead atoms. The van der Waals surface area contributed by atoms with E-state index in [0.717, 1.165) is 11.4 Å². The molecule has 136 valence electrons. The zero-order valence-electron chi connectivity index (χ0n) is 14.0. The third-order valence-corrected chi connectivity index (χ3v) is 4.00. The standard InChI is InChI=1S/C18H20N4O2S2/c25-17(19-13-7-3-1-4-8-13)21-15-16(24-12-11-23-15)22-18(26)20-14-9-5-2-6-10-14/h1-10,15-16H,11-12H2,(H2,19,21,25)(H2,20,22,26)/t15-,16-/m0/s1. The highest BCUT2D eigenvalue weighted by Crippen LogP contribution is 2.10. The van der Waals surface area contributed by atoms with Crippen LogP contribution in [0.3, 0.4) is 0 Å². The van der Waals surface area contributed by atoms with Gasteiger partial charge >= 0.3 is 0 Å². The number of rotatable bonds is 4. The molecule has 2 aromatic rings. The second-order valence-corrected chi connectivity index (χ2v) is 6.33. The molecule has 0 unspecified atom stereocenters. The van der Waals surface area contributed by atoms with Gasteiger partial charge in [-0.05, 0) is 48.7 Å². The average Bonchev–Trinajstić information content (AvgIpc) is 2.65. The third-order valence-electron chi connectivity index (χ3n) is 3.56. The maximum atomic E-state index is 5.74. The van der Waals surface area contributed by atoms with Crippen LogP contribution in [0.1, 0.15) is 0 Å². The minimum atomic E-state index is -0.469. The smallest absolute Gasteiger partial charge is 0.174 e. The lowest BCUT2D eigenvalue weighted by Crippen LogP contribution is -2.58. The Morgan fingerprint density at radius 3 is 1.46 bits per heavy atom. The van der Waals surface area contributed by atoms with Gasteiger partial charge in [-0.25, -0.2) is 0 Å². The van der Waals surface area contributed by atoms with Crippen LogP contribution in [0.15, 0.2) is 60.7 Å². The van der Waals surface area contributed by atoms with Crippen molar-refractivity contribution >= 4 is 46.0 Å². The molecule has 0 amide bonds. The molecule has 1 heterocycles. The molecule has 0 radical (unpaired) electrons. The van der Waals surface area contributed by atoms with Crippen LogP contribution in [-0.2, 0) is 9.47 Å². The molecule has 1 saturated heterocycles. The number of nitrogens with one attached hydrogen (secondary N) is 4. The molecule has 8 heteroatoms. The van der Waals surface area contributed by atoms with Gasteiger partial charge in [-0.2, -0.15) is 0 Å². The van der Waals surface area contributed by atoms with Crippen molar-refractivity contribution in [3.05, 3.63) is 60.7 Å². The lowest BCUT2D eigenvalue weighted by Gasteiger charge is -2.34. The summed E-state index contributed by atoms with van der Waals surface area (Å²) in [5.74, 6) is 0. The second-order valence-electron chi connectivity index (χ2n) is 5.51. The van der Waals surface area contributed by atoms with Crippen LogP contribution in [0.25, 0.3) is 0 Å². The molecule has 4 N–H and O–H groups in total. The zero-order chi connectivity index (χ0) is 18.2. The average molecular weight is 389 g/mol. The Labute approximate surface area is 163 Å². The maximum Gasteiger partial charge on any atom is 0.174 e. The molecular weight excluding hydrogens is 368 g/mol. The van der Waals surface area contributed by atoms with Gasteiger partial charge in [-0.1, -0.05) is 36.4 Å². The first-order valence-electron chi connectivity index (χ1n) is 8.19. The van der Waals surface area contributed by atoms with Crippen molar-refractivity contribution in [1.29, 1.82) is 0 Å². The molecule has 3 rings (SSSR count). The van der Waals surface area contributed by atoms with Gasteiger partial charge in [-0.15, -0.1) is 0 Å². The molecule has 0 saturated carbocycles. The number of benzene rings is 2. The highest BCUT2D eigenvalue weighted by molar-refractivity contribution is 7.80. The second kappa shape index (κ2) is 9.44. The number of hydrogen-bond donors (Lipinski definition) is 4. The largest absolute Gasteiger partial charge is 0.351 e. The van der Waals surface area contributed by atoms with Crippen LogP contribution in [-0.4, -0.2) is 35.9 Å². The molecule has 0 aromatic heterocycles. The van der Waals surface area contributed by atoms with Gasteiger partial charge in [-0.3, -0.25) is 0 Å². The fourth-order valence-corrected chi connectivity index (χ4v) is 2.86. The van der Waals surface area contributed by atoms with Crippen molar-refractivity contribution in [2.75, 3.05) is 23.8 Å². The van der Waals surface area contributed by atoms with E-state index >= 15 is 0 Å². The summed E-state index contributed by atoms with van der Waals surface area (Å²) in [5, 5.41) is 13.3. The number of anilines is 2. The summed E-state index contributed by atoms with van der Waals surface area (Å²) in [6.45, 7) is 0.950. The van der Waals surface area contributed by atoms with Gasteiger partial charge in [0, 0.05) is 11.4 Å². The lowest BCUT2D eigenvalue weighted by atomic mass is 10.3. The Balaban J connectivity index is 1.53. The zero-order valence-corrected chi connectivity index (χ0v) is 15.6. The summed E-state index contributed by atoms with van der Waals surface area (Å²) in [4.78, 5) is 0. The minimum Gasteiger partial charge on any atom is -0.351 e. The maximum absolute atomic E-state index is 5.74. The predicted molar refractivity (Wildman–Crippen MR) is 111 cm³/mol. The van der Waals surface area contributed by atoms with E-state index in [1.807, 2.05) is 60.7 Å². The fraction of sp³-hybridized carbons (Fsp3) is 0.222. The SMILES string of the molecule is S=C(Nc1ccccc1)N[C@H]1OCCO[C@@H]1NC(=S)Nc1ccccc1. The van der Waals surface area contributed by atoms with E-state index in [1.54, 1.807) is 0 Å². The first-order chi connectivity index (χ1) is 12.7. The van der Waals surface area contributed by atoms with Crippen LogP contribution in [0.5, 0.6) is 0 Å². The molecular formula is C18H20N4O2S2. The first kappa shape index (κ1) is 18.5. The number of ether oxygens (including phenoxy) is 2. The minimum absolute atomic E-state index is 0.445. The van der Waals surface area contributed by atoms with Gasteiger partial charge in [0.2, 0.25) is 0 Å². The molecule has 0 aliphatic carbocycles. The van der Waals surface area contributed by atoms with Crippen molar-refractivity contribution in [3.8, 4) is 0 Å². The first-order valence-corrected chi connectivity index (χ1v) is 9.01. The van der Waals surface area contributed by atoms with E-state index in [0.29, 0.717) is 23.4 Å². The Kier molecular flexibility index (Phi) is 6.73. The molecule has 2 aromatic carbocycles. The van der Waals surface area contributed by atoms with Crippen molar-refractivity contribution in [3.63, 3.8) is 0 Å². The molecule has 26 heavy (non-hydrogen) atoms. The monoisotopic (exact) mass is 388 g/mol. The van der Waals surface area contributed by atoms with E-state index in [-0.39, 0.29) is 0 Å². The summed E-state index contributed by atoms with van der Waals surface area (Å²) in [7, 11) is 0. The Morgan fingerprint density at radius 1 is 0.692 bits per heavy atom. The lowest BCUT2D eigenvalue weighted by molar-refractivity contribution is -0.149. The molecule has 0 spiro atoms. The van der Waals surface area contributed by atoms with Crippen molar-refractivity contribution in [2.45, 2.75) is 12.5 Å². The molecule has 1 fully saturated rings. The van der Waals surface area contributed by atoms with Crippen molar-refractivity contribution in [1.82, 2.24) is 10.6 Å². The highest BCUT2D eigenvalue weighted by atomic mass is 32.1. The third kappa shape index (κ3) is 5.63. The van der Waals surface area contributed by atoms with Gasteiger partial charge in [0.15, 0.2) is 22.7 Å². The van der Waals surface area contributed by atoms with Crippen LogP contribution in [0.2, 0.25) is 0 Å². The highest BCUT2D eigenvalue weighted by Gasteiger charge is 2.28. The summed E-state index contributed by atoms with van der Waals surface area (Å²) in [5.41, 5.74) is 1.79. The normalized spacial score (nSPS) is 19.2. The van der Waals surface area contributed by atoms with E-state index in [1.165, 1.54) is 0 Å². The van der Waals surface area contributed by atoms with Gasteiger partial charge < -0.3 is 30.7 Å². The quantitative estimate of drug-likeness (QED) is 0.596. The summed E-state index contributed by atoms with van der Waals surface area (Å²) >= 11 is 10.7. The Hall–Kier alpha value is -2.26. The van der Waals surface area contributed by atoms with Crippen molar-refractivity contribution < 1.29 is 9.47 Å². The van der Waals surface area contributed by atoms with E-state index < -0.39 is 12.5 Å². The number of para-hydroxylation sites is 2. The van der Waals surface area contributed by atoms with E-state index in [2.05, 4.69) is 21.3 Å². The fourth-order valence-electron chi connectivity index (χ4n) is 2.40. The topological polar surface area (TPSA) is 66.6 Å². The van der Waals surface area contributed by atoms with Crippen LogP contribution >= 0.6 is 24.4 Å². The molecule has 1 aliphatic heterocycles. The summed E-state index contributed by atoms with van der Waals surface area (Å²) < 4.78 is 11.5. The van der Waals surface area contributed by atoms with Gasteiger partial charge in [0.25, 0.3) is 0 Å². The molecule has 1 aliphatic rings. The van der Waals surface area contributed by atoms with Crippen LogP contribution in [0, 0.1) is 0 Å². The van der Waals surface area contributed by atoms with Crippen molar-refractivity contribution in [2.24, 2.45) is 0 Å². The predicted octanol–water partition coefficient (Wildman–Crippen LogP) is 2.66. The van der Waals surface area contributed by atoms with E-state index in [4.69, 9.17) is 33.9 Å². The summed E-state index contributed by atoms with van der Waals surface area (Å²) in [6, 6.07) is 19.4. The van der Waals surface area contributed by atoms with Crippen LogP contribution < -0.4 is 21.3 Å². The Morgan fingerprint density at radius 2 is 1.08 bits per heavy atom. The van der Waals surface area contributed by atoms with E-state index in [9.17, 15) is 0 Å². The van der Waals surface area contributed by atoms with Crippen LogP contribution in [0.4, 0.5) is 11.4 Å². The number of thiocarbonyl (C=S) groups is 2.